The second-order valence-corrected chi connectivity index (χ2v) is 6.56. The summed E-state index contributed by atoms with van der Waals surface area (Å²) in [5.74, 6) is -0.273. The maximum absolute atomic E-state index is 12.4. The molecule has 2 rings (SSSR count). The predicted octanol–water partition coefficient (Wildman–Crippen LogP) is 2.91. The maximum atomic E-state index is 12.4. The molecule has 5 nitrogen and oxygen atoms in total. The van der Waals surface area contributed by atoms with Crippen molar-refractivity contribution >= 4 is 17.6 Å². The van der Waals surface area contributed by atoms with Crippen molar-refractivity contribution in [1.82, 2.24) is 4.90 Å². The van der Waals surface area contributed by atoms with Gasteiger partial charge in [-0.25, -0.2) is 0 Å². The Morgan fingerprint density at radius 3 is 2.67 bits per heavy atom. The minimum Gasteiger partial charge on any atom is -0.465 e. The summed E-state index contributed by atoms with van der Waals surface area (Å²) in [7, 11) is 0. The molecule has 1 aromatic carbocycles. The van der Waals surface area contributed by atoms with Crippen molar-refractivity contribution in [3.05, 3.63) is 29.3 Å². The summed E-state index contributed by atoms with van der Waals surface area (Å²) in [6, 6.07) is 5.96. The van der Waals surface area contributed by atoms with E-state index in [0.717, 1.165) is 42.6 Å². The van der Waals surface area contributed by atoms with Gasteiger partial charge in [-0.2, -0.15) is 0 Å². The highest BCUT2D eigenvalue weighted by atomic mass is 16.5. The van der Waals surface area contributed by atoms with E-state index in [1.165, 1.54) is 0 Å². The van der Waals surface area contributed by atoms with Gasteiger partial charge in [-0.15, -0.1) is 0 Å². The van der Waals surface area contributed by atoms with E-state index in [4.69, 9.17) is 4.74 Å². The number of esters is 1. The predicted molar refractivity (Wildman–Crippen MR) is 95.0 cm³/mol. The molecular formula is C19H28N2O3. The van der Waals surface area contributed by atoms with E-state index >= 15 is 0 Å². The fourth-order valence-corrected chi connectivity index (χ4v) is 3.11. The van der Waals surface area contributed by atoms with Crippen molar-refractivity contribution in [3.8, 4) is 0 Å². The Balaban J connectivity index is 1.88. The van der Waals surface area contributed by atoms with Crippen LogP contribution in [0.4, 0.5) is 5.69 Å². The molecule has 1 N–H and O–H groups in total. The van der Waals surface area contributed by atoms with Crippen LogP contribution in [0.25, 0.3) is 0 Å². The Kier molecular flexibility index (Phi) is 6.79. The van der Waals surface area contributed by atoms with Crippen LogP contribution >= 0.6 is 0 Å². The lowest BCUT2D eigenvalue weighted by molar-refractivity contribution is -0.150. The normalized spacial score (nSPS) is 18.2. The third-order valence-electron chi connectivity index (χ3n) is 4.40. The van der Waals surface area contributed by atoms with E-state index in [9.17, 15) is 9.59 Å². The van der Waals surface area contributed by atoms with Gasteiger partial charge in [0.1, 0.15) is 0 Å². The average molecular weight is 332 g/mol. The van der Waals surface area contributed by atoms with Crippen LogP contribution in [0.1, 0.15) is 37.3 Å². The Labute approximate surface area is 144 Å². The molecule has 1 fully saturated rings. The van der Waals surface area contributed by atoms with Gasteiger partial charge in [0.15, 0.2) is 0 Å². The number of anilines is 1. The fraction of sp³-hybridized carbons (Fsp3) is 0.579. The third kappa shape index (κ3) is 5.06. The van der Waals surface area contributed by atoms with Crippen molar-refractivity contribution in [2.24, 2.45) is 5.92 Å². The van der Waals surface area contributed by atoms with Gasteiger partial charge in [0.2, 0.25) is 5.91 Å². The standard InChI is InChI=1S/C19H28N2O3/c1-4-11-24-19(23)16-9-6-10-21(12-16)13-17(22)20-18-14(2)7-5-8-15(18)3/h5,7-8,16H,4,6,9-13H2,1-3H3,(H,20,22). The first-order chi connectivity index (χ1) is 11.5. The number of aryl methyl sites for hydroxylation is 2. The topological polar surface area (TPSA) is 58.6 Å². The minimum atomic E-state index is -0.128. The zero-order valence-electron chi connectivity index (χ0n) is 14.9. The fourth-order valence-electron chi connectivity index (χ4n) is 3.11. The van der Waals surface area contributed by atoms with Gasteiger partial charge >= 0.3 is 5.97 Å². The number of hydrogen-bond donors (Lipinski definition) is 1. The van der Waals surface area contributed by atoms with Crippen LogP contribution in [0.5, 0.6) is 0 Å². The Hall–Kier alpha value is -1.88. The smallest absolute Gasteiger partial charge is 0.310 e. The molecule has 0 aromatic heterocycles. The van der Waals surface area contributed by atoms with Crippen molar-refractivity contribution in [2.75, 3.05) is 31.6 Å². The quantitative estimate of drug-likeness (QED) is 0.814. The van der Waals surface area contributed by atoms with Gasteiger partial charge < -0.3 is 10.1 Å². The van der Waals surface area contributed by atoms with Gasteiger partial charge in [0.05, 0.1) is 19.1 Å². The second-order valence-electron chi connectivity index (χ2n) is 6.56. The van der Waals surface area contributed by atoms with Crippen LogP contribution in [-0.4, -0.2) is 43.0 Å². The van der Waals surface area contributed by atoms with Gasteiger partial charge in [0, 0.05) is 12.2 Å². The molecule has 0 radical (unpaired) electrons. The van der Waals surface area contributed by atoms with Crippen LogP contribution in [0.2, 0.25) is 0 Å². The van der Waals surface area contributed by atoms with Crippen molar-refractivity contribution < 1.29 is 14.3 Å². The Morgan fingerprint density at radius 1 is 1.29 bits per heavy atom. The van der Waals surface area contributed by atoms with Crippen LogP contribution in [-0.2, 0) is 14.3 Å². The van der Waals surface area contributed by atoms with Crippen LogP contribution in [0, 0.1) is 19.8 Å². The summed E-state index contributed by atoms with van der Waals surface area (Å²) in [5.41, 5.74) is 3.00. The zero-order chi connectivity index (χ0) is 17.5. The number of nitrogens with one attached hydrogen (secondary N) is 1. The van der Waals surface area contributed by atoms with E-state index in [0.29, 0.717) is 19.7 Å². The minimum absolute atomic E-state index is 0.0324. The lowest BCUT2D eigenvalue weighted by Gasteiger charge is -2.31. The molecule has 0 saturated carbocycles. The maximum Gasteiger partial charge on any atom is 0.310 e. The van der Waals surface area contributed by atoms with E-state index in [1.807, 2.05) is 43.9 Å². The van der Waals surface area contributed by atoms with E-state index < -0.39 is 0 Å². The van der Waals surface area contributed by atoms with E-state index in [2.05, 4.69) is 5.32 Å². The molecule has 1 amide bonds. The monoisotopic (exact) mass is 332 g/mol. The number of para-hydroxylation sites is 1. The molecule has 1 atom stereocenters. The molecule has 5 heteroatoms. The largest absolute Gasteiger partial charge is 0.465 e. The van der Waals surface area contributed by atoms with Gasteiger partial charge in [-0.1, -0.05) is 25.1 Å². The van der Waals surface area contributed by atoms with Crippen LogP contribution in [0.15, 0.2) is 18.2 Å². The summed E-state index contributed by atoms with van der Waals surface area (Å²) in [6.07, 6.45) is 2.60. The molecule has 0 spiro atoms. The molecule has 0 aliphatic carbocycles. The van der Waals surface area contributed by atoms with E-state index in [1.54, 1.807) is 0 Å². The number of amides is 1. The SMILES string of the molecule is CCCOC(=O)C1CCCN(CC(=O)Nc2c(C)cccc2C)C1. The first-order valence-electron chi connectivity index (χ1n) is 8.76. The number of ether oxygens (including phenoxy) is 1. The molecule has 132 valence electrons. The van der Waals surface area contributed by atoms with Gasteiger partial charge in [-0.05, 0) is 50.8 Å². The summed E-state index contributed by atoms with van der Waals surface area (Å²) < 4.78 is 5.24. The summed E-state index contributed by atoms with van der Waals surface area (Å²) >= 11 is 0. The number of carbonyl (C=O) groups is 2. The number of hydrogen-bond acceptors (Lipinski definition) is 4. The summed E-state index contributed by atoms with van der Waals surface area (Å²) in [4.78, 5) is 26.4. The number of carbonyl (C=O) groups excluding carboxylic acids is 2. The zero-order valence-corrected chi connectivity index (χ0v) is 14.9. The van der Waals surface area contributed by atoms with Crippen LogP contribution < -0.4 is 5.32 Å². The van der Waals surface area contributed by atoms with Crippen molar-refractivity contribution in [3.63, 3.8) is 0 Å². The number of likely N-dealkylation sites (tertiary alicyclic amines) is 1. The van der Waals surface area contributed by atoms with Crippen molar-refractivity contribution in [1.29, 1.82) is 0 Å². The van der Waals surface area contributed by atoms with Gasteiger partial charge in [-0.3, -0.25) is 14.5 Å². The molecule has 1 heterocycles. The second kappa shape index (κ2) is 8.83. The molecule has 0 bridgehead atoms. The first-order valence-corrected chi connectivity index (χ1v) is 8.76. The summed E-state index contributed by atoms with van der Waals surface area (Å²) in [6.45, 7) is 8.19. The van der Waals surface area contributed by atoms with Crippen LogP contribution in [0.3, 0.4) is 0 Å². The average Bonchev–Trinajstić information content (AvgIpc) is 2.56. The lowest BCUT2D eigenvalue weighted by atomic mass is 9.98. The summed E-state index contributed by atoms with van der Waals surface area (Å²) in [5, 5.41) is 3.01. The molecule has 1 unspecified atom stereocenters. The number of benzene rings is 1. The molecule has 1 saturated heterocycles. The molecule has 24 heavy (non-hydrogen) atoms. The molecule has 1 aliphatic rings. The Bertz CT molecular complexity index is 566. The van der Waals surface area contributed by atoms with E-state index in [-0.39, 0.29) is 17.8 Å². The number of piperidine rings is 1. The third-order valence-corrected chi connectivity index (χ3v) is 4.40. The molecule has 1 aromatic rings. The molecule has 1 aliphatic heterocycles. The Morgan fingerprint density at radius 2 is 2.00 bits per heavy atom. The van der Waals surface area contributed by atoms with Gasteiger partial charge in [0.25, 0.3) is 0 Å². The highest BCUT2D eigenvalue weighted by Gasteiger charge is 2.27. The molecular weight excluding hydrogens is 304 g/mol. The highest BCUT2D eigenvalue weighted by Crippen LogP contribution is 2.21. The highest BCUT2D eigenvalue weighted by molar-refractivity contribution is 5.93. The lowest BCUT2D eigenvalue weighted by Crippen LogP contribution is -2.43. The number of nitrogens with zero attached hydrogens (tertiary/aromatic N) is 1. The van der Waals surface area contributed by atoms with Crippen molar-refractivity contribution in [2.45, 2.75) is 40.0 Å². The first kappa shape index (κ1) is 18.5. The number of rotatable bonds is 6.